The van der Waals surface area contributed by atoms with Gasteiger partial charge in [0.1, 0.15) is 6.54 Å². The Labute approximate surface area is 202 Å². The molecule has 2 aliphatic rings. The van der Waals surface area contributed by atoms with Crippen molar-refractivity contribution < 1.29 is 18.0 Å². The van der Waals surface area contributed by atoms with Crippen molar-refractivity contribution in [3.05, 3.63) is 53.6 Å². The third-order valence-corrected chi connectivity index (χ3v) is 8.77. The number of nitrogens with zero attached hydrogens (tertiary/aromatic N) is 2. The summed E-state index contributed by atoms with van der Waals surface area (Å²) in [5.74, 6) is -0.0329. The number of nitrogens with one attached hydrogen (secondary N) is 1. The van der Waals surface area contributed by atoms with Gasteiger partial charge in [-0.05, 0) is 73.6 Å². The van der Waals surface area contributed by atoms with Gasteiger partial charge >= 0.3 is 0 Å². The van der Waals surface area contributed by atoms with Crippen LogP contribution in [-0.2, 0) is 26.0 Å². The first-order valence-corrected chi connectivity index (χ1v) is 13.5. The SMILES string of the molecule is CC(C)c1ccc(NC(=O)CN2C(=O)CCc3cc(S(=O)(=O)N4CCCCC4C)ccc32)cc1. The quantitative estimate of drug-likeness (QED) is 0.664. The van der Waals surface area contributed by atoms with Crippen LogP contribution in [0, 0.1) is 0 Å². The van der Waals surface area contributed by atoms with Crippen LogP contribution >= 0.6 is 0 Å². The molecule has 0 aromatic heterocycles. The van der Waals surface area contributed by atoms with E-state index >= 15 is 0 Å². The van der Waals surface area contributed by atoms with Crippen molar-refractivity contribution in [2.24, 2.45) is 0 Å². The van der Waals surface area contributed by atoms with Crippen LogP contribution in [-0.4, -0.2) is 43.7 Å². The number of fused-ring (bicyclic) bond motifs is 1. The second kappa shape index (κ2) is 9.88. The van der Waals surface area contributed by atoms with Crippen LogP contribution in [0.3, 0.4) is 0 Å². The summed E-state index contributed by atoms with van der Waals surface area (Å²) in [6.07, 6.45) is 3.47. The zero-order chi connectivity index (χ0) is 24.5. The summed E-state index contributed by atoms with van der Waals surface area (Å²) in [7, 11) is -3.60. The minimum Gasteiger partial charge on any atom is -0.325 e. The maximum atomic E-state index is 13.3. The topological polar surface area (TPSA) is 86.8 Å². The Kier molecular flexibility index (Phi) is 7.09. The highest BCUT2D eigenvalue weighted by Crippen LogP contribution is 2.32. The van der Waals surface area contributed by atoms with Crippen LogP contribution in [0.4, 0.5) is 11.4 Å². The van der Waals surface area contributed by atoms with Gasteiger partial charge in [-0.1, -0.05) is 32.4 Å². The van der Waals surface area contributed by atoms with E-state index in [1.165, 1.54) is 10.5 Å². The molecule has 4 rings (SSSR count). The van der Waals surface area contributed by atoms with Crippen LogP contribution in [0.1, 0.15) is 63.5 Å². The van der Waals surface area contributed by atoms with Crippen molar-refractivity contribution in [3.63, 3.8) is 0 Å². The van der Waals surface area contributed by atoms with Crippen molar-refractivity contribution >= 4 is 33.2 Å². The lowest BCUT2D eigenvalue weighted by Crippen LogP contribution is -2.42. The van der Waals surface area contributed by atoms with E-state index in [2.05, 4.69) is 19.2 Å². The fourth-order valence-corrected chi connectivity index (χ4v) is 6.48. The van der Waals surface area contributed by atoms with Crippen LogP contribution in [0.5, 0.6) is 0 Å². The molecule has 2 heterocycles. The summed E-state index contributed by atoms with van der Waals surface area (Å²) >= 11 is 0. The average Bonchev–Trinajstić information content (AvgIpc) is 2.81. The first kappa shape index (κ1) is 24.4. The number of aryl methyl sites for hydroxylation is 1. The Morgan fingerprint density at radius 2 is 1.82 bits per heavy atom. The van der Waals surface area contributed by atoms with E-state index in [1.54, 1.807) is 22.5 Å². The summed E-state index contributed by atoms with van der Waals surface area (Å²) in [6, 6.07) is 12.6. The van der Waals surface area contributed by atoms with E-state index in [-0.39, 0.29) is 35.7 Å². The fourth-order valence-electron chi connectivity index (χ4n) is 4.73. The molecular weight excluding hydrogens is 450 g/mol. The van der Waals surface area contributed by atoms with E-state index in [0.717, 1.165) is 24.8 Å². The van der Waals surface area contributed by atoms with Gasteiger partial charge in [0.05, 0.1) is 4.90 Å². The molecule has 34 heavy (non-hydrogen) atoms. The van der Waals surface area contributed by atoms with Crippen LogP contribution < -0.4 is 10.2 Å². The summed E-state index contributed by atoms with van der Waals surface area (Å²) < 4.78 is 28.1. The Bertz CT molecular complexity index is 1180. The number of carbonyl (C=O) groups excluding carboxylic acids is 2. The predicted octanol–water partition coefficient (Wildman–Crippen LogP) is 4.29. The van der Waals surface area contributed by atoms with Crippen molar-refractivity contribution in [2.75, 3.05) is 23.3 Å². The Balaban J connectivity index is 1.51. The molecule has 0 bridgehead atoms. The molecule has 0 aliphatic carbocycles. The van der Waals surface area contributed by atoms with Crippen molar-refractivity contribution in [2.45, 2.75) is 69.7 Å². The molecule has 7 nitrogen and oxygen atoms in total. The van der Waals surface area contributed by atoms with Gasteiger partial charge in [0.25, 0.3) is 0 Å². The standard InChI is InChI=1S/C26H33N3O4S/c1-18(2)20-7-10-22(11-8-20)27-25(30)17-28-24-13-12-23(16-21(24)9-14-26(28)31)34(32,33)29-15-5-4-6-19(29)3/h7-8,10-13,16,18-19H,4-6,9,14-15,17H2,1-3H3,(H,27,30). The molecule has 2 aliphatic heterocycles. The van der Waals surface area contributed by atoms with E-state index in [1.807, 2.05) is 31.2 Å². The van der Waals surface area contributed by atoms with Crippen molar-refractivity contribution in [3.8, 4) is 0 Å². The molecule has 8 heteroatoms. The minimum absolute atomic E-state index is 0.0221. The van der Waals surface area contributed by atoms with Gasteiger partial charge in [0.2, 0.25) is 21.8 Å². The first-order valence-electron chi connectivity index (χ1n) is 12.0. The average molecular weight is 484 g/mol. The minimum atomic E-state index is -3.60. The first-order chi connectivity index (χ1) is 16.2. The summed E-state index contributed by atoms with van der Waals surface area (Å²) in [5, 5.41) is 2.85. The van der Waals surface area contributed by atoms with E-state index < -0.39 is 10.0 Å². The van der Waals surface area contributed by atoms with Crippen LogP contribution in [0.25, 0.3) is 0 Å². The highest BCUT2D eigenvalue weighted by Gasteiger charge is 2.33. The van der Waals surface area contributed by atoms with Gasteiger partial charge in [0.15, 0.2) is 0 Å². The lowest BCUT2D eigenvalue weighted by Gasteiger charge is -2.33. The van der Waals surface area contributed by atoms with Crippen LogP contribution in [0.2, 0.25) is 0 Å². The number of amides is 2. The molecule has 2 aromatic rings. The van der Waals surface area contributed by atoms with Crippen LogP contribution in [0.15, 0.2) is 47.4 Å². The molecule has 182 valence electrons. The molecular formula is C26H33N3O4S. The number of hydrogen-bond donors (Lipinski definition) is 1. The maximum Gasteiger partial charge on any atom is 0.244 e. The second-order valence-corrected chi connectivity index (χ2v) is 11.4. The third kappa shape index (κ3) is 5.03. The molecule has 1 unspecified atom stereocenters. The fraction of sp³-hybridized carbons (Fsp3) is 0.462. The normalized spacial score (nSPS) is 19.2. The number of benzene rings is 2. The third-order valence-electron chi connectivity index (χ3n) is 6.76. The number of hydrogen-bond acceptors (Lipinski definition) is 4. The number of carbonyl (C=O) groups is 2. The largest absolute Gasteiger partial charge is 0.325 e. The van der Waals surface area contributed by atoms with E-state index in [9.17, 15) is 18.0 Å². The Morgan fingerprint density at radius 3 is 2.50 bits per heavy atom. The van der Waals surface area contributed by atoms with Gasteiger partial charge in [-0.15, -0.1) is 0 Å². The second-order valence-electron chi connectivity index (χ2n) is 9.56. The van der Waals surface area contributed by atoms with Gasteiger partial charge in [0, 0.05) is 30.4 Å². The molecule has 2 amide bonds. The monoisotopic (exact) mass is 483 g/mol. The molecule has 1 atom stereocenters. The summed E-state index contributed by atoms with van der Waals surface area (Å²) in [4.78, 5) is 27.1. The van der Waals surface area contributed by atoms with E-state index in [0.29, 0.717) is 30.3 Å². The number of piperidine rings is 1. The van der Waals surface area contributed by atoms with Crippen molar-refractivity contribution in [1.82, 2.24) is 4.31 Å². The maximum absolute atomic E-state index is 13.3. The summed E-state index contributed by atoms with van der Waals surface area (Å²) in [5.41, 5.74) is 3.24. The zero-order valence-electron chi connectivity index (χ0n) is 20.1. The van der Waals surface area contributed by atoms with E-state index in [4.69, 9.17) is 0 Å². The lowest BCUT2D eigenvalue weighted by molar-refractivity contribution is -0.121. The highest BCUT2D eigenvalue weighted by molar-refractivity contribution is 7.89. The number of anilines is 2. The van der Waals surface area contributed by atoms with Gasteiger partial charge in [-0.3, -0.25) is 9.59 Å². The molecule has 1 N–H and O–H groups in total. The smallest absolute Gasteiger partial charge is 0.244 e. The number of rotatable bonds is 6. The van der Waals surface area contributed by atoms with Gasteiger partial charge < -0.3 is 10.2 Å². The molecule has 1 saturated heterocycles. The zero-order valence-corrected chi connectivity index (χ0v) is 20.9. The molecule has 0 radical (unpaired) electrons. The predicted molar refractivity (Wildman–Crippen MR) is 133 cm³/mol. The lowest BCUT2D eigenvalue weighted by atomic mass is 10.0. The highest BCUT2D eigenvalue weighted by atomic mass is 32.2. The molecule has 1 fully saturated rings. The molecule has 0 spiro atoms. The molecule has 2 aromatic carbocycles. The molecule has 0 saturated carbocycles. The van der Waals surface area contributed by atoms with Gasteiger partial charge in [-0.2, -0.15) is 4.31 Å². The summed E-state index contributed by atoms with van der Waals surface area (Å²) in [6.45, 7) is 6.58. The number of sulfonamides is 1. The Morgan fingerprint density at radius 1 is 1.09 bits per heavy atom. The van der Waals surface area contributed by atoms with Gasteiger partial charge in [-0.25, -0.2) is 8.42 Å². The van der Waals surface area contributed by atoms with Crippen molar-refractivity contribution in [1.29, 1.82) is 0 Å². The Hall–Kier alpha value is -2.71.